The van der Waals surface area contributed by atoms with Crippen molar-refractivity contribution in [1.82, 2.24) is 0 Å². The SMILES string of the molecule is CCCCCCCCCCC(=O)CCC(N)=O. The molecule has 1 amide bonds. The number of hydrogen-bond donors (Lipinski definition) is 1. The van der Waals surface area contributed by atoms with Crippen LogP contribution >= 0.6 is 0 Å². The van der Waals surface area contributed by atoms with Crippen LogP contribution in [0.15, 0.2) is 0 Å². The summed E-state index contributed by atoms with van der Waals surface area (Å²) < 4.78 is 0. The Labute approximate surface area is 105 Å². The number of ketones is 1. The number of carbonyl (C=O) groups excluding carboxylic acids is 2. The lowest BCUT2D eigenvalue weighted by atomic mass is 10.0. The van der Waals surface area contributed by atoms with Crippen LogP contribution < -0.4 is 5.73 Å². The van der Waals surface area contributed by atoms with Crippen molar-refractivity contribution in [3.63, 3.8) is 0 Å². The molecular formula is C14H27NO2. The van der Waals surface area contributed by atoms with Gasteiger partial charge in [-0.05, 0) is 6.42 Å². The minimum atomic E-state index is -0.380. The van der Waals surface area contributed by atoms with Crippen molar-refractivity contribution in [2.75, 3.05) is 0 Å². The van der Waals surface area contributed by atoms with E-state index in [4.69, 9.17) is 5.73 Å². The first kappa shape index (κ1) is 16.1. The lowest BCUT2D eigenvalue weighted by Gasteiger charge is -2.01. The molecule has 0 spiro atoms. The van der Waals surface area contributed by atoms with Crippen LogP contribution in [0, 0.1) is 0 Å². The van der Waals surface area contributed by atoms with Crippen LogP contribution in [0.25, 0.3) is 0 Å². The molecule has 0 aromatic rings. The first-order valence-corrected chi connectivity index (χ1v) is 6.96. The van der Waals surface area contributed by atoms with Crippen molar-refractivity contribution in [3.8, 4) is 0 Å². The fraction of sp³-hybridized carbons (Fsp3) is 0.857. The lowest BCUT2D eigenvalue weighted by molar-refractivity contribution is -0.123. The van der Waals surface area contributed by atoms with Crippen molar-refractivity contribution in [1.29, 1.82) is 0 Å². The van der Waals surface area contributed by atoms with Gasteiger partial charge in [0.2, 0.25) is 5.91 Å². The highest BCUT2D eigenvalue weighted by atomic mass is 16.1. The van der Waals surface area contributed by atoms with E-state index in [1.54, 1.807) is 0 Å². The van der Waals surface area contributed by atoms with Gasteiger partial charge in [-0.3, -0.25) is 9.59 Å². The number of primary amides is 1. The van der Waals surface area contributed by atoms with Crippen molar-refractivity contribution in [2.45, 2.75) is 77.6 Å². The van der Waals surface area contributed by atoms with Crippen LogP contribution in [-0.2, 0) is 9.59 Å². The maximum absolute atomic E-state index is 11.3. The van der Waals surface area contributed by atoms with Gasteiger partial charge in [0.25, 0.3) is 0 Å². The Bertz CT molecular complexity index is 214. The molecule has 0 heterocycles. The van der Waals surface area contributed by atoms with E-state index < -0.39 is 0 Å². The van der Waals surface area contributed by atoms with Crippen molar-refractivity contribution < 1.29 is 9.59 Å². The molecule has 0 saturated heterocycles. The quantitative estimate of drug-likeness (QED) is 0.533. The third-order valence-corrected chi connectivity index (χ3v) is 2.96. The zero-order chi connectivity index (χ0) is 12.9. The predicted octanol–water partition coefficient (Wildman–Crippen LogP) is 3.35. The van der Waals surface area contributed by atoms with Crippen LogP contribution in [-0.4, -0.2) is 11.7 Å². The van der Waals surface area contributed by atoms with Crippen LogP contribution in [0.2, 0.25) is 0 Å². The average Bonchev–Trinajstić information content (AvgIpc) is 2.30. The number of rotatable bonds is 12. The molecule has 0 fully saturated rings. The highest BCUT2D eigenvalue weighted by Gasteiger charge is 2.03. The van der Waals surface area contributed by atoms with Gasteiger partial charge < -0.3 is 5.73 Å². The summed E-state index contributed by atoms with van der Waals surface area (Å²) >= 11 is 0. The normalized spacial score (nSPS) is 10.4. The maximum atomic E-state index is 11.3. The molecule has 100 valence electrons. The summed E-state index contributed by atoms with van der Waals surface area (Å²) in [6.07, 6.45) is 11.0. The van der Waals surface area contributed by atoms with E-state index in [2.05, 4.69) is 6.92 Å². The molecule has 0 atom stereocenters. The summed E-state index contributed by atoms with van der Waals surface area (Å²) in [6, 6.07) is 0. The monoisotopic (exact) mass is 241 g/mol. The van der Waals surface area contributed by atoms with Crippen molar-refractivity contribution in [3.05, 3.63) is 0 Å². The van der Waals surface area contributed by atoms with Gasteiger partial charge in [0.1, 0.15) is 5.78 Å². The van der Waals surface area contributed by atoms with Gasteiger partial charge in [-0.2, -0.15) is 0 Å². The van der Waals surface area contributed by atoms with E-state index in [9.17, 15) is 9.59 Å². The molecule has 0 aliphatic heterocycles. The Kier molecular flexibility index (Phi) is 11.0. The lowest BCUT2D eigenvalue weighted by Crippen LogP contribution is -2.12. The van der Waals surface area contributed by atoms with E-state index in [1.807, 2.05) is 0 Å². The van der Waals surface area contributed by atoms with Crippen molar-refractivity contribution >= 4 is 11.7 Å². The van der Waals surface area contributed by atoms with Crippen LogP contribution in [0.1, 0.15) is 77.6 Å². The molecule has 2 N–H and O–H groups in total. The third kappa shape index (κ3) is 13.1. The van der Waals surface area contributed by atoms with Gasteiger partial charge in [0, 0.05) is 19.3 Å². The Morgan fingerprint density at radius 2 is 1.29 bits per heavy atom. The van der Waals surface area contributed by atoms with E-state index in [0.29, 0.717) is 12.8 Å². The first-order valence-electron chi connectivity index (χ1n) is 6.96. The Hall–Kier alpha value is -0.860. The minimum absolute atomic E-state index is 0.176. The molecular weight excluding hydrogens is 214 g/mol. The number of hydrogen-bond acceptors (Lipinski definition) is 2. The van der Waals surface area contributed by atoms with Gasteiger partial charge >= 0.3 is 0 Å². The maximum Gasteiger partial charge on any atom is 0.217 e. The van der Waals surface area contributed by atoms with E-state index >= 15 is 0 Å². The Morgan fingerprint density at radius 1 is 0.765 bits per heavy atom. The zero-order valence-electron chi connectivity index (χ0n) is 11.2. The Balaban J connectivity index is 3.16. The van der Waals surface area contributed by atoms with Crippen LogP contribution in [0.3, 0.4) is 0 Å². The molecule has 0 rings (SSSR count). The molecule has 0 aliphatic rings. The molecule has 17 heavy (non-hydrogen) atoms. The fourth-order valence-electron chi connectivity index (χ4n) is 1.84. The highest BCUT2D eigenvalue weighted by molar-refractivity contribution is 5.84. The molecule has 0 radical (unpaired) electrons. The van der Waals surface area contributed by atoms with Gasteiger partial charge in [-0.1, -0.05) is 51.9 Å². The van der Waals surface area contributed by atoms with E-state index in [-0.39, 0.29) is 18.1 Å². The second-order valence-corrected chi connectivity index (χ2v) is 4.73. The van der Waals surface area contributed by atoms with Crippen molar-refractivity contribution in [2.24, 2.45) is 5.73 Å². The summed E-state index contributed by atoms with van der Waals surface area (Å²) in [7, 11) is 0. The molecule has 0 aromatic carbocycles. The number of carbonyl (C=O) groups is 2. The molecule has 3 heteroatoms. The molecule has 0 aliphatic carbocycles. The third-order valence-electron chi connectivity index (χ3n) is 2.96. The van der Waals surface area contributed by atoms with E-state index in [0.717, 1.165) is 12.8 Å². The average molecular weight is 241 g/mol. The van der Waals surface area contributed by atoms with Crippen LogP contribution in [0.4, 0.5) is 0 Å². The number of unbranched alkanes of at least 4 members (excludes halogenated alkanes) is 7. The molecule has 0 aromatic heterocycles. The number of Topliss-reactive ketones (excluding diaryl/α,β-unsaturated/α-hetero) is 1. The number of nitrogens with two attached hydrogens (primary N) is 1. The summed E-state index contributed by atoms with van der Waals surface area (Å²) in [5, 5.41) is 0. The second-order valence-electron chi connectivity index (χ2n) is 4.73. The van der Waals surface area contributed by atoms with Gasteiger partial charge in [-0.25, -0.2) is 0 Å². The van der Waals surface area contributed by atoms with Crippen LogP contribution in [0.5, 0.6) is 0 Å². The smallest absolute Gasteiger partial charge is 0.217 e. The zero-order valence-corrected chi connectivity index (χ0v) is 11.2. The minimum Gasteiger partial charge on any atom is -0.370 e. The topological polar surface area (TPSA) is 60.2 Å². The molecule has 0 saturated carbocycles. The molecule has 0 unspecified atom stereocenters. The summed E-state index contributed by atoms with van der Waals surface area (Å²) in [4.78, 5) is 21.8. The summed E-state index contributed by atoms with van der Waals surface area (Å²) in [5.74, 6) is -0.205. The fourth-order valence-corrected chi connectivity index (χ4v) is 1.84. The summed E-state index contributed by atoms with van der Waals surface area (Å²) in [5.41, 5.74) is 4.98. The Morgan fingerprint density at radius 3 is 1.82 bits per heavy atom. The highest BCUT2D eigenvalue weighted by Crippen LogP contribution is 2.10. The second kappa shape index (κ2) is 11.6. The standard InChI is InChI=1S/C14H27NO2/c1-2-3-4-5-6-7-8-9-10-13(16)11-12-14(15)17/h2-12H2,1H3,(H2,15,17). The first-order chi connectivity index (χ1) is 8.16. The molecule has 3 nitrogen and oxygen atoms in total. The predicted molar refractivity (Wildman–Crippen MR) is 70.7 cm³/mol. The van der Waals surface area contributed by atoms with Gasteiger partial charge in [-0.15, -0.1) is 0 Å². The van der Waals surface area contributed by atoms with E-state index in [1.165, 1.54) is 38.5 Å². The molecule has 0 bridgehead atoms. The van der Waals surface area contributed by atoms with Gasteiger partial charge in [0.15, 0.2) is 0 Å². The number of amides is 1. The largest absolute Gasteiger partial charge is 0.370 e. The van der Waals surface area contributed by atoms with Gasteiger partial charge in [0.05, 0.1) is 0 Å². The summed E-state index contributed by atoms with van der Waals surface area (Å²) in [6.45, 7) is 2.22.